The number of hydrogen-bond donors (Lipinski definition) is 0. The SMILES string of the molecule is COC(=O)c1ncnc(C(C)c2ccccc2)c1F. The molecule has 0 amide bonds. The highest BCUT2D eigenvalue weighted by atomic mass is 19.1. The molecule has 4 nitrogen and oxygen atoms in total. The second kappa shape index (κ2) is 5.56. The van der Waals surface area contributed by atoms with Crippen LogP contribution in [0.3, 0.4) is 0 Å². The quantitative estimate of drug-likeness (QED) is 0.796. The van der Waals surface area contributed by atoms with E-state index in [1.54, 1.807) is 0 Å². The van der Waals surface area contributed by atoms with E-state index in [1.807, 2.05) is 37.3 Å². The molecule has 0 radical (unpaired) electrons. The number of carbonyl (C=O) groups is 1. The number of rotatable bonds is 3. The number of carbonyl (C=O) groups excluding carboxylic acids is 1. The van der Waals surface area contributed by atoms with Crippen molar-refractivity contribution >= 4 is 5.97 Å². The zero-order chi connectivity index (χ0) is 13.8. The van der Waals surface area contributed by atoms with Crippen LogP contribution in [0, 0.1) is 5.82 Å². The minimum absolute atomic E-state index is 0.182. The van der Waals surface area contributed by atoms with Crippen LogP contribution in [0.5, 0.6) is 0 Å². The Hall–Kier alpha value is -2.30. The summed E-state index contributed by atoms with van der Waals surface area (Å²) in [6, 6.07) is 9.37. The molecular weight excluding hydrogens is 247 g/mol. The van der Waals surface area contributed by atoms with Crippen molar-refractivity contribution < 1.29 is 13.9 Å². The lowest BCUT2D eigenvalue weighted by Crippen LogP contribution is -2.13. The maximum atomic E-state index is 14.2. The van der Waals surface area contributed by atoms with Crippen molar-refractivity contribution in [3.63, 3.8) is 0 Å². The Bertz CT molecular complexity index is 587. The van der Waals surface area contributed by atoms with E-state index in [0.29, 0.717) is 0 Å². The second-order valence-electron chi connectivity index (χ2n) is 4.05. The summed E-state index contributed by atoms with van der Waals surface area (Å²) >= 11 is 0. The molecule has 5 heteroatoms. The van der Waals surface area contributed by atoms with E-state index in [2.05, 4.69) is 14.7 Å². The van der Waals surface area contributed by atoms with E-state index in [0.717, 1.165) is 5.56 Å². The van der Waals surface area contributed by atoms with Gasteiger partial charge < -0.3 is 4.74 Å². The Kier molecular flexibility index (Phi) is 3.85. The molecule has 1 atom stereocenters. The third-order valence-corrected chi connectivity index (χ3v) is 2.90. The third-order valence-electron chi connectivity index (χ3n) is 2.90. The van der Waals surface area contributed by atoms with Gasteiger partial charge >= 0.3 is 5.97 Å². The molecule has 2 rings (SSSR count). The van der Waals surface area contributed by atoms with Crippen molar-refractivity contribution in [3.05, 3.63) is 59.4 Å². The molecule has 0 fully saturated rings. The summed E-state index contributed by atoms with van der Waals surface area (Å²) in [6.07, 6.45) is 1.17. The van der Waals surface area contributed by atoms with E-state index < -0.39 is 11.8 Å². The summed E-state index contributed by atoms with van der Waals surface area (Å²) in [7, 11) is 1.18. The largest absolute Gasteiger partial charge is 0.464 e. The molecule has 0 saturated heterocycles. The molecule has 0 aliphatic heterocycles. The van der Waals surface area contributed by atoms with Gasteiger partial charge in [-0.1, -0.05) is 37.3 Å². The number of halogens is 1. The fourth-order valence-corrected chi connectivity index (χ4v) is 1.82. The van der Waals surface area contributed by atoms with Crippen molar-refractivity contribution in [1.82, 2.24) is 9.97 Å². The van der Waals surface area contributed by atoms with Crippen LogP contribution >= 0.6 is 0 Å². The van der Waals surface area contributed by atoms with Crippen LogP contribution in [-0.2, 0) is 4.74 Å². The number of esters is 1. The van der Waals surface area contributed by atoms with E-state index >= 15 is 0 Å². The van der Waals surface area contributed by atoms with Gasteiger partial charge in [0.05, 0.1) is 12.8 Å². The van der Waals surface area contributed by atoms with Gasteiger partial charge in [0.25, 0.3) is 0 Å². The number of aromatic nitrogens is 2. The topological polar surface area (TPSA) is 52.1 Å². The molecule has 19 heavy (non-hydrogen) atoms. The van der Waals surface area contributed by atoms with Crippen molar-refractivity contribution in [2.45, 2.75) is 12.8 Å². The molecule has 0 bridgehead atoms. The smallest absolute Gasteiger partial charge is 0.359 e. The second-order valence-corrected chi connectivity index (χ2v) is 4.05. The van der Waals surface area contributed by atoms with Crippen LogP contribution in [0.1, 0.15) is 34.6 Å². The van der Waals surface area contributed by atoms with Crippen molar-refractivity contribution in [2.75, 3.05) is 7.11 Å². The van der Waals surface area contributed by atoms with Gasteiger partial charge in [-0.3, -0.25) is 0 Å². The average molecular weight is 260 g/mol. The molecule has 0 aliphatic carbocycles. The summed E-state index contributed by atoms with van der Waals surface area (Å²) in [5, 5.41) is 0. The molecule has 1 aromatic heterocycles. The summed E-state index contributed by atoms with van der Waals surface area (Å²) in [5.41, 5.74) is 0.757. The van der Waals surface area contributed by atoms with Crippen molar-refractivity contribution in [1.29, 1.82) is 0 Å². The molecule has 1 aromatic carbocycles. The van der Waals surface area contributed by atoms with Crippen LogP contribution < -0.4 is 0 Å². The monoisotopic (exact) mass is 260 g/mol. The Balaban J connectivity index is 2.43. The van der Waals surface area contributed by atoms with Gasteiger partial charge in [0.1, 0.15) is 6.33 Å². The molecule has 98 valence electrons. The van der Waals surface area contributed by atoms with Crippen LogP contribution in [0.25, 0.3) is 0 Å². The lowest BCUT2D eigenvalue weighted by molar-refractivity contribution is 0.0587. The van der Waals surface area contributed by atoms with E-state index in [4.69, 9.17) is 0 Å². The molecule has 0 N–H and O–H groups in total. The van der Waals surface area contributed by atoms with E-state index in [-0.39, 0.29) is 17.3 Å². The lowest BCUT2D eigenvalue weighted by Gasteiger charge is -2.13. The first-order valence-corrected chi connectivity index (χ1v) is 5.78. The molecule has 1 heterocycles. The number of methoxy groups -OCH3 is 1. The van der Waals surface area contributed by atoms with Gasteiger partial charge in [-0.25, -0.2) is 19.2 Å². The number of nitrogens with zero attached hydrogens (tertiary/aromatic N) is 2. The molecule has 0 saturated carbocycles. The molecular formula is C14H13FN2O2. The highest BCUT2D eigenvalue weighted by Crippen LogP contribution is 2.25. The number of ether oxygens (including phenoxy) is 1. The van der Waals surface area contributed by atoms with Crippen LogP contribution in [0.2, 0.25) is 0 Å². The fourth-order valence-electron chi connectivity index (χ4n) is 1.82. The summed E-state index contributed by atoms with van der Waals surface area (Å²) in [6.45, 7) is 1.82. The van der Waals surface area contributed by atoms with Gasteiger partial charge in [0.15, 0.2) is 11.5 Å². The predicted octanol–water partition coefficient (Wildman–Crippen LogP) is 2.55. The zero-order valence-electron chi connectivity index (χ0n) is 10.6. The number of benzene rings is 1. The van der Waals surface area contributed by atoms with Gasteiger partial charge in [0, 0.05) is 5.92 Å². The summed E-state index contributed by atoms with van der Waals surface area (Å²) in [5.74, 6) is -1.81. The summed E-state index contributed by atoms with van der Waals surface area (Å²) < 4.78 is 18.7. The van der Waals surface area contributed by atoms with Crippen LogP contribution in [0.15, 0.2) is 36.7 Å². The van der Waals surface area contributed by atoms with Gasteiger partial charge in [-0.05, 0) is 5.56 Å². The zero-order valence-corrected chi connectivity index (χ0v) is 10.6. The standard InChI is InChI=1S/C14H13FN2O2/c1-9(10-6-4-3-5-7-10)12-11(15)13(14(18)19-2)17-8-16-12/h3-9H,1-2H3. The maximum Gasteiger partial charge on any atom is 0.359 e. The average Bonchev–Trinajstić information content (AvgIpc) is 2.47. The Morgan fingerprint density at radius 1 is 1.26 bits per heavy atom. The maximum absolute atomic E-state index is 14.2. The highest BCUT2D eigenvalue weighted by molar-refractivity contribution is 5.87. The minimum atomic E-state index is -0.804. The van der Waals surface area contributed by atoms with E-state index in [9.17, 15) is 9.18 Å². The highest BCUT2D eigenvalue weighted by Gasteiger charge is 2.22. The molecule has 0 spiro atoms. The fraction of sp³-hybridized carbons (Fsp3) is 0.214. The first-order chi connectivity index (χ1) is 9.15. The molecule has 2 aromatic rings. The Labute approximate surface area is 110 Å². The first-order valence-electron chi connectivity index (χ1n) is 5.78. The number of hydrogen-bond acceptors (Lipinski definition) is 4. The lowest BCUT2D eigenvalue weighted by atomic mass is 9.97. The van der Waals surface area contributed by atoms with Crippen molar-refractivity contribution in [3.8, 4) is 0 Å². The predicted molar refractivity (Wildman–Crippen MR) is 67.3 cm³/mol. The third kappa shape index (κ3) is 2.59. The Morgan fingerprint density at radius 2 is 1.95 bits per heavy atom. The molecule has 1 unspecified atom stereocenters. The van der Waals surface area contributed by atoms with Crippen molar-refractivity contribution in [2.24, 2.45) is 0 Å². The van der Waals surface area contributed by atoms with Gasteiger partial charge in [0.2, 0.25) is 0 Å². The van der Waals surface area contributed by atoms with Gasteiger partial charge in [-0.2, -0.15) is 0 Å². The van der Waals surface area contributed by atoms with Crippen LogP contribution in [0.4, 0.5) is 4.39 Å². The Morgan fingerprint density at radius 3 is 2.58 bits per heavy atom. The minimum Gasteiger partial charge on any atom is -0.464 e. The normalized spacial score (nSPS) is 11.9. The molecule has 0 aliphatic rings. The summed E-state index contributed by atoms with van der Waals surface area (Å²) in [4.78, 5) is 19.0. The van der Waals surface area contributed by atoms with E-state index in [1.165, 1.54) is 13.4 Å². The van der Waals surface area contributed by atoms with Gasteiger partial charge in [-0.15, -0.1) is 0 Å². The first kappa shape index (κ1) is 13.1. The van der Waals surface area contributed by atoms with Crippen LogP contribution in [-0.4, -0.2) is 23.0 Å².